The molecular formula is C24H41N5O. The highest BCUT2D eigenvalue weighted by molar-refractivity contribution is 5.08. The van der Waals surface area contributed by atoms with Crippen LogP contribution in [0.3, 0.4) is 0 Å². The molecular weight excluding hydrogens is 374 g/mol. The minimum atomic E-state index is -0.177. The summed E-state index contributed by atoms with van der Waals surface area (Å²) in [5.74, 6) is 2.82. The third-order valence-electron chi connectivity index (χ3n) is 9.43. The van der Waals surface area contributed by atoms with Crippen LogP contribution in [0.15, 0.2) is 0 Å². The standard InChI is InChI=1S/C24H41N5O/c1-24(2,15-25)17-5-3-16(4-6-17)23-22-19-13-18(29-9-11-30-12-10-29)7-8-20(19)26-14-21(22)27-28-23/h16-23,26-28H,3-14H2,1-2H3. The number of hydrazine groups is 1. The van der Waals surface area contributed by atoms with Crippen LogP contribution in [0.2, 0.25) is 0 Å². The first kappa shape index (κ1) is 21.2. The predicted octanol–water partition coefficient (Wildman–Crippen LogP) is 2.28. The fraction of sp³-hybridized carbons (Fsp3) is 0.958. The van der Waals surface area contributed by atoms with Gasteiger partial charge in [-0.1, -0.05) is 0 Å². The molecule has 6 heteroatoms. The van der Waals surface area contributed by atoms with E-state index in [0.717, 1.165) is 56.6 Å². The second-order valence-electron chi connectivity index (χ2n) is 11.2. The van der Waals surface area contributed by atoms with E-state index in [-0.39, 0.29) is 5.41 Å². The van der Waals surface area contributed by atoms with Gasteiger partial charge in [-0.2, -0.15) is 5.26 Å². The first-order valence-corrected chi connectivity index (χ1v) is 12.5. The van der Waals surface area contributed by atoms with Crippen LogP contribution in [-0.2, 0) is 4.74 Å². The van der Waals surface area contributed by atoms with Gasteiger partial charge in [-0.25, -0.2) is 0 Å². The second kappa shape index (κ2) is 8.67. The zero-order valence-electron chi connectivity index (χ0n) is 18.9. The second-order valence-corrected chi connectivity index (χ2v) is 11.2. The number of nitrogens with zero attached hydrogens (tertiary/aromatic N) is 2. The van der Waals surface area contributed by atoms with Gasteiger partial charge in [0.25, 0.3) is 0 Å². The van der Waals surface area contributed by atoms with Crippen molar-refractivity contribution in [3.05, 3.63) is 0 Å². The molecule has 6 unspecified atom stereocenters. The molecule has 30 heavy (non-hydrogen) atoms. The summed E-state index contributed by atoms with van der Waals surface area (Å²) in [6.07, 6.45) is 8.98. The Kier molecular flexibility index (Phi) is 6.11. The first-order chi connectivity index (χ1) is 14.6. The Morgan fingerprint density at radius 1 is 0.967 bits per heavy atom. The Hall–Kier alpha value is -0.710. The van der Waals surface area contributed by atoms with Gasteiger partial charge in [-0.05, 0) is 82.5 Å². The molecule has 6 atom stereocenters. The molecule has 3 N–H and O–H groups in total. The summed E-state index contributed by atoms with van der Waals surface area (Å²) < 4.78 is 5.61. The van der Waals surface area contributed by atoms with E-state index in [1.807, 2.05) is 0 Å². The van der Waals surface area contributed by atoms with E-state index in [2.05, 4.69) is 41.0 Å². The lowest BCUT2D eigenvalue weighted by molar-refractivity contribution is -0.0151. The van der Waals surface area contributed by atoms with Gasteiger partial charge in [0, 0.05) is 43.8 Å². The lowest BCUT2D eigenvalue weighted by atomic mass is 9.62. The van der Waals surface area contributed by atoms with Crippen LogP contribution in [0.5, 0.6) is 0 Å². The van der Waals surface area contributed by atoms with Crippen molar-refractivity contribution >= 4 is 0 Å². The highest BCUT2D eigenvalue weighted by Crippen LogP contribution is 2.46. The number of morpholine rings is 1. The number of hydrogen-bond acceptors (Lipinski definition) is 6. The van der Waals surface area contributed by atoms with Gasteiger partial charge in [0.1, 0.15) is 0 Å². The van der Waals surface area contributed by atoms with Crippen LogP contribution >= 0.6 is 0 Å². The van der Waals surface area contributed by atoms with E-state index in [1.165, 1.54) is 44.9 Å². The number of piperidine rings is 1. The molecule has 0 radical (unpaired) electrons. The average molecular weight is 416 g/mol. The van der Waals surface area contributed by atoms with Crippen LogP contribution < -0.4 is 16.2 Å². The molecule has 5 fully saturated rings. The molecule has 6 nitrogen and oxygen atoms in total. The highest BCUT2D eigenvalue weighted by atomic mass is 16.5. The Labute approximate surface area is 182 Å². The minimum absolute atomic E-state index is 0.177. The fourth-order valence-electron chi connectivity index (χ4n) is 7.53. The summed E-state index contributed by atoms with van der Waals surface area (Å²) in [6, 6.07) is 5.16. The van der Waals surface area contributed by atoms with E-state index in [1.54, 1.807) is 0 Å². The molecule has 2 saturated carbocycles. The van der Waals surface area contributed by atoms with Gasteiger partial charge in [0.05, 0.1) is 24.7 Å². The monoisotopic (exact) mass is 415 g/mol. The maximum atomic E-state index is 9.55. The first-order valence-electron chi connectivity index (χ1n) is 12.5. The average Bonchev–Trinajstić information content (AvgIpc) is 3.24. The molecule has 0 aromatic heterocycles. The Balaban J connectivity index is 1.26. The van der Waals surface area contributed by atoms with Gasteiger partial charge in [0.2, 0.25) is 0 Å². The van der Waals surface area contributed by atoms with Crippen molar-refractivity contribution in [1.29, 1.82) is 5.26 Å². The number of nitriles is 1. The van der Waals surface area contributed by atoms with Gasteiger partial charge >= 0.3 is 0 Å². The number of ether oxygens (including phenoxy) is 1. The summed E-state index contributed by atoms with van der Waals surface area (Å²) in [5, 5.41) is 13.4. The molecule has 3 saturated heterocycles. The molecule has 0 bridgehead atoms. The summed E-state index contributed by atoms with van der Waals surface area (Å²) >= 11 is 0. The zero-order chi connectivity index (χ0) is 20.7. The van der Waals surface area contributed by atoms with Gasteiger partial charge in [-0.15, -0.1) is 0 Å². The normalized spacial score (nSPS) is 45.4. The lowest BCUT2D eigenvalue weighted by Gasteiger charge is -2.50. The maximum absolute atomic E-state index is 9.55. The number of rotatable bonds is 3. The van der Waals surface area contributed by atoms with Crippen LogP contribution in [0, 0.1) is 40.4 Å². The topological polar surface area (TPSA) is 72.4 Å². The van der Waals surface area contributed by atoms with Crippen LogP contribution in [0.1, 0.15) is 58.8 Å². The molecule has 168 valence electrons. The van der Waals surface area contributed by atoms with E-state index in [9.17, 15) is 5.26 Å². The third-order valence-corrected chi connectivity index (χ3v) is 9.43. The SMILES string of the molecule is CC(C)(C#N)C1CCC(C2NNC3CNC4CCC(N5CCOCC5)CC4C32)CC1. The van der Waals surface area contributed by atoms with Crippen molar-refractivity contribution in [2.75, 3.05) is 32.8 Å². The molecule has 3 heterocycles. The van der Waals surface area contributed by atoms with Gasteiger partial charge < -0.3 is 10.1 Å². The summed E-state index contributed by atoms with van der Waals surface area (Å²) in [4.78, 5) is 2.71. The van der Waals surface area contributed by atoms with E-state index < -0.39 is 0 Å². The van der Waals surface area contributed by atoms with Gasteiger partial charge in [0.15, 0.2) is 0 Å². The largest absolute Gasteiger partial charge is 0.379 e. The Morgan fingerprint density at radius 3 is 2.47 bits per heavy atom. The Bertz CT molecular complexity index is 634. The fourth-order valence-corrected chi connectivity index (χ4v) is 7.53. The zero-order valence-corrected chi connectivity index (χ0v) is 18.9. The number of fused-ring (bicyclic) bond motifs is 3. The Morgan fingerprint density at radius 2 is 1.73 bits per heavy atom. The lowest BCUT2D eigenvalue weighted by Crippen LogP contribution is -2.60. The molecule has 5 rings (SSSR count). The quantitative estimate of drug-likeness (QED) is 0.657. The molecule has 0 aromatic rings. The van der Waals surface area contributed by atoms with Crippen LogP contribution in [-0.4, -0.2) is 61.9 Å². The summed E-state index contributed by atoms with van der Waals surface area (Å²) in [7, 11) is 0. The van der Waals surface area contributed by atoms with Crippen molar-refractivity contribution in [3.8, 4) is 6.07 Å². The molecule has 0 aromatic carbocycles. The third kappa shape index (κ3) is 3.93. The summed E-state index contributed by atoms with van der Waals surface area (Å²) in [6.45, 7) is 9.41. The van der Waals surface area contributed by atoms with E-state index in [0.29, 0.717) is 24.0 Å². The molecule has 0 spiro atoms. The van der Waals surface area contributed by atoms with Crippen molar-refractivity contribution in [2.24, 2.45) is 29.1 Å². The number of nitrogens with one attached hydrogen (secondary N) is 3. The molecule has 3 aliphatic heterocycles. The van der Waals surface area contributed by atoms with E-state index >= 15 is 0 Å². The van der Waals surface area contributed by atoms with Crippen molar-refractivity contribution in [3.63, 3.8) is 0 Å². The van der Waals surface area contributed by atoms with Crippen LogP contribution in [0.4, 0.5) is 0 Å². The van der Waals surface area contributed by atoms with Gasteiger partial charge in [-0.3, -0.25) is 15.8 Å². The summed E-state index contributed by atoms with van der Waals surface area (Å²) in [5.41, 5.74) is 7.29. The molecule has 2 aliphatic carbocycles. The maximum Gasteiger partial charge on any atom is 0.0686 e. The smallest absolute Gasteiger partial charge is 0.0686 e. The molecule has 5 aliphatic rings. The highest BCUT2D eigenvalue weighted by Gasteiger charge is 2.51. The number of hydrogen-bond donors (Lipinski definition) is 3. The van der Waals surface area contributed by atoms with Crippen molar-refractivity contribution in [1.82, 2.24) is 21.1 Å². The predicted molar refractivity (Wildman–Crippen MR) is 117 cm³/mol. The van der Waals surface area contributed by atoms with Crippen molar-refractivity contribution in [2.45, 2.75) is 83.0 Å². The minimum Gasteiger partial charge on any atom is -0.379 e. The molecule has 0 amide bonds. The van der Waals surface area contributed by atoms with E-state index in [4.69, 9.17) is 4.74 Å². The van der Waals surface area contributed by atoms with Crippen LogP contribution in [0.25, 0.3) is 0 Å². The van der Waals surface area contributed by atoms with Crippen molar-refractivity contribution < 1.29 is 4.74 Å².